The predicted molar refractivity (Wildman–Crippen MR) is 145 cm³/mol. The zero-order valence-corrected chi connectivity index (χ0v) is 21.8. The molecule has 0 bridgehead atoms. The van der Waals surface area contributed by atoms with Gasteiger partial charge in [-0.3, -0.25) is 14.5 Å². The Kier molecular flexibility index (Phi) is 6.72. The van der Waals surface area contributed by atoms with Gasteiger partial charge in [0.15, 0.2) is 0 Å². The summed E-state index contributed by atoms with van der Waals surface area (Å²) in [5.74, 6) is 0.166. The maximum absolute atomic E-state index is 13.5. The number of ketones is 1. The van der Waals surface area contributed by atoms with E-state index in [0.29, 0.717) is 47.2 Å². The molecule has 0 saturated carbocycles. The van der Waals surface area contributed by atoms with Gasteiger partial charge in [0, 0.05) is 24.4 Å². The largest absolute Gasteiger partial charge is 0.507 e. The highest BCUT2D eigenvalue weighted by Crippen LogP contribution is 2.44. The number of hydrogen-bond acceptors (Lipinski definition) is 7. The van der Waals surface area contributed by atoms with Crippen LogP contribution in [0.1, 0.15) is 31.0 Å². The molecule has 1 amide bonds. The third kappa shape index (κ3) is 4.53. The average Bonchev–Trinajstić information content (AvgIpc) is 3.18. The number of rotatable bonds is 6. The van der Waals surface area contributed by atoms with Crippen molar-refractivity contribution in [2.75, 3.05) is 37.1 Å². The summed E-state index contributed by atoms with van der Waals surface area (Å²) in [4.78, 5) is 30.4. The SMILES string of the molecule is COc1cccc(N2C(=O)C(=O)/C(=C(\O)c3ccc4c(c3)N(C)CCO4)C2c2ccc(OC(C)C)cc2)c1. The standard InChI is InChI=1S/C30H30N2O6/c1-18(2)38-22-11-8-19(9-12-22)27-26(28(33)20-10-13-25-24(16-20)31(3)14-15-37-25)29(34)30(35)32(27)21-6-5-7-23(17-21)36-4/h5-13,16-18,27,33H,14-15H2,1-4H3/b28-26-. The molecule has 3 aromatic rings. The summed E-state index contributed by atoms with van der Waals surface area (Å²) < 4.78 is 16.9. The number of aliphatic hydroxyl groups excluding tert-OH is 1. The first-order valence-corrected chi connectivity index (χ1v) is 12.5. The molecule has 1 atom stereocenters. The van der Waals surface area contributed by atoms with Gasteiger partial charge in [0.1, 0.15) is 29.6 Å². The Hall–Kier alpha value is -4.46. The average molecular weight is 515 g/mol. The van der Waals surface area contributed by atoms with E-state index in [9.17, 15) is 14.7 Å². The summed E-state index contributed by atoms with van der Waals surface area (Å²) in [5.41, 5.74) is 2.37. The molecule has 1 N–H and O–H groups in total. The van der Waals surface area contributed by atoms with E-state index < -0.39 is 17.7 Å². The second kappa shape index (κ2) is 10.1. The van der Waals surface area contributed by atoms with Gasteiger partial charge in [-0.1, -0.05) is 18.2 Å². The Morgan fingerprint density at radius 3 is 2.50 bits per heavy atom. The lowest BCUT2D eigenvalue weighted by Gasteiger charge is -2.28. The summed E-state index contributed by atoms with van der Waals surface area (Å²) in [6.07, 6.45) is -0.00520. The molecule has 1 saturated heterocycles. The molecule has 0 spiro atoms. The van der Waals surface area contributed by atoms with Gasteiger partial charge in [-0.25, -0.2) is 0 Å². The van der Waals surface area contributed by atoms with Crippen molar-refractivity contribution in [2.24, 2.45) is 0 Å². The first-order chi connectivity index (χ1) is 18.3. The summed E-state index contributed by atoms with van der Waals surface area (Å²) in [7, 11) is 3.47. The summed E-state index contributed by atoms with van der Waals surface area (Å²) in [6.45, 7) is 5.14. The number of fused-ring (bicyclic) bond motifs is 1. The molecule has 38 heavy (non-hydrogen) atoms. The van der Waals surface area contributed by atoms with Crippen molar-refractivity contribution in [1.82, 2.24) is 0 Å². The van der Waals surface area contributed by atoms with Crippen LogP contribution in [-0.4, -0.2) is 50.2 Å². The molecule has 1 unspecified atom stereocenters. The molecule has 0 radical (unpaired) electrons. The van der Waals surface area contributed by atoms with Crippen LogP contribution in [0, 0.1) is 0 Å². The van der Waals surface area contributed by atoms with Crippen molar-refractivity contribution in [2.45, 2.75) is 26.0 Å². The number of carbonyl (C=O) groups excluding carboxylic acids is 2. The van der Waals surface area contributed by atoms with Gasteiger partial charge < -0.3 is 24.2 Å². The number of ether oxygens (including phenoxy) is 3. The first kappa shape index (κ1) is 25.2. The maximum atomic E-state index is 13.5. The van der Waals surface area contributed by atoms with Crippen LogP contribution in [-0.2, 0) is 9.59 Å². The Morgan fingerprint density at radius 1 is 1.03 bits per heavy atom. The topological polar surface area (TPSA) is 88.5 Å². The molecule has 2 aliphatic heterocycles. The zero-order chi connectivity index (χ0) is 27.0. The fourth-order valence-corrected chi connectivity index (χ4v) is 4.83. The molecule has 5 rings (SSSR count). The molecule has 2 heterocycles. The highest BCUT2D eigenvalue weighted by atomic mass is 16.5. The predicted octanol–water partition coefficient (Wildman–Crippen LogP) is 4.94. The van der Waals surface area contributed by atoms with Crippen LogP contribution >= 0.6 is 0 Å². The molecule has 1 fully saturated rings. The number of anilines is 2. The number of likely N-dealkylation sites (N-methyl/N-ethyl adjacent to an activating group) is 1. The smallest absolute Gasteiger partial charge is 0.300 e. The van der Waals surface area contributed by atoms with Crippen molar-refractivity contribution >= 4 is 28.8 Å². The molecule has 8 nitrogen and oxygen atoms in total. The number of benzene rings is 3. The van der Waals surface area contributed by atoms with Crippen LogP contribution < -0.4 is 24.0 Å². The van der Waals surface area contributed by atoms with Crippen molar-refractivity contribution in [3.05, 3.63) is 83.4 Å². The van der Waals surface area contributed by atoms with Crippen molar-refractivity contribution in [3.63, 3.8) is 0 Å². The third-order valence-electron chi connectivity index (χ3n) is 6.67. The van der Waals surface area contributed by atoms with E-state index in [-0.39, 0.29) is 17.4 Å². The maximum Gasteiger partial charge on any atom is 0.300 e. The number of nitrogens with zero attached hydrogens (tertiary/aromatic N) is 2. The van der Waals surface area contributed by atoms with Crippen LogP contribution in [0.5, 0.6) is 17.2 Å². The summed E-state index contributed by atoms with van der Waals surface area (Å²) in [6, 6.07) is 18.5. The Morgan fingerprint density at radius 2 is 1.79 bits per heavy atom. The quantitative estimate of drug-likeness (QED) is 0.283. The van der Waals surface area contributed by atoms with Gasteiger partial charge in [-0.15, -0.1) is 0 Å². The van der Waals surface area contributed by atoms with Crippen LogP contribution in [0.25, 0.3) is 5.76 Å². The van der Waals surface area contributed by atoms with Crippen LogP contribution in [0.15, 0.2) is 72.3 Å². The van der Waals surface area contributed by atoms with E-state index in [1.54, 1.807) is 54.6 Å². The van der Waals surface area contributed by atoms with Crippen molar-refractivity contribution in [1.29, 1.82) is 0 Å². The number of amides is 1. The lowest BCUT2D eigenvalue weighted by molar-refractivity contribution is -0.132. The molecule has 196 valence electrons. The van der Waals surface area contributed by atoms with E-state index >= 15 is 0 Å². The number of Topliss-reactive ketones (excluding diaryl/α,β-unsaturated/α-hetero) is 1. The van der Waals surface area contributed by atoms with Gasteiger partial charge in [-0.05, 0) is 61.9 Å². The van der Waals surface area contributed by atoms with Crippen LogP contribution in [0.3, 0.4) is 0 Å². The monoisotopic (exact) mass is 514 g/mol. The summed E-state index contributed by atoms with van der Waals surface area (Å²) >= 11 is 0. The molecular formula is C30H30N2O6. The summed E-state index contributed by atoms with van der Waals surface area (Å²) in [5, 5.41) is 11.5. The molecule has 2 aliphatic rings. The minimum atomic E-state index is -0.861. The highest BCUT2D eigenvalue weighted by molar-refractivity contribution is 6.51. The highest BCUT2D eigenvalue weighted by Gasteiger charge is 2.47. The molecule has 3 aromatic carbocycles. The molecule has 0 aliphatic carbocycles. The zero-order valence-electron chi connectivity index (χ0n) is 21.8. The Balaban J connectivity index is 1.66. The third-order valence-corrected chi connectivity index (χ3v) is 6.67. The van der Waals surface area contributed by atoms with E-state index in [4.69, 9.17) is 14.2 Å². The number of carbonyl (C=O) groups is 2. The molecular weight excluding hydrogens is 484 g/mol. The van der Waals surface area contributed by atoms with Gasteiger partial charge >= 0.3 is 0 Å². The van der Waals surface area contributed by atoms with E-state index in [1.165, 1.54) is 12.0 Å². The number of aliphatic hydroxyl groups is 1. The van der Waals surface area contributed by atoms with Gasteiger partial charge in [-0.2, -0.15) is 0 Å². The van der Waals surface area contributed by atoms with Gasteiger partial charge in [0.2, 0.25) is 0 Å². The molecule has 8 heteroatoms. The van der Waals surface area contributed by atoms with Gasteiger partial charge in [0.25, 0.3) is 11.7 Å². The minimum absolute atomic E-state index is 0.00520. The second-order valence-corrected chi connectivity index (χ2v) is 9.56. The lowest BCUT2D eigenvalue weighted by atomic mass is 9.94. The normalized spacial score (nSPS) is 18.4. The van der Waals surface area contributed by atoms with Crippen molar-refractivity contribution in [3.8, 4) is 17.2 Å². The fourth-order valence-electron chi connectivity index (χ4n) is 4.83. The Bertz CT molecular complexity index is 1410. The fraction of sp³-hybridized carbons (Fsp3) is 0.267. The van der Waals surface area contributed by atoms with E-state index in [2.05, 4.69) is 0 Å². The van der Waals surface area contributed by atoms with Crippen LogP contribution in [0.4, 0.5) is 11.4 Å². The van der Waals surface area contributed by atoms with Crippen molar-refractivity contribution < 1.29 is 28.9 Å². The minimum Gasteiger partial charge on any atom is -0.507 e. The van der Waals surface area contributed by atoms with Gasteiger partial charge in [0.05, 0.1) is 37.1 Å². The molecule has 0 aromatic heterocycles. The van der Waals surface area contributed by atoms with E-state index in [1.807, 2.05) is 37.9 Å². The Labute approximate surface area is 221 Å². The lowest BCUT2D eigenvalue weighted by Crippen LogP contribution is -2.29. The van der Waals surface area contributed by atoms with Crippen LogP contribution in [0.2, 0.25) is 0 Å². The first-order valence-electron chi connectivity index (χ1n) is 12.5. The second-order valence-electron chi connectivity index (χ2n) is 9.56. The number of hydrogen-bond donors (Lipinski definition) is 1. The number of methoxy groups -OCH3 is 1. The van der Waals surface area contributed by atoms with E-state index in [0.717, 1.165) is 5.69 Å².